The van der Waals surface area contributed by atoms with Crippen molar-refractivity contribution in [1.82, 2.24) is 14.5 Å². The number of pyridine rings is 1. The molecule has 2 unspecified atom stereocenters. The Morgan fingerprint density at radius 3 is 2.70 bits per heavy atom. The zero-order valence-corrected chi connectivity index (χ0v) is 17.7. The molecule has 2 aliphatic rings. The molecule has 3 nitrogen and oxygen atoms in total. The quantitative estimate of drug-likeness (QED) is 0.512. The molecule has 0 N–H and O–H groups in total. The summed E-state index contributed by atoms with van der Waals surface area (Å²) >= 11 is 6.13. The van der Waals surface area contributed by atoms with Crippen LogP contribution in [0.5, 0.6) is 0 Å². The molecular weight excluding hydrogens is 411 g/mol. The first kappa shape index (κ1) is 19.9. The average Bonchev–Trinajstić information content (AvgIpc) is 3.13. The molecule has 0 spiro atoms. The van der Waals surface area contributed by atoms with E-state index in [4.69, 9.17) is 11.6 Å². The van der Waals surface area contributed by atoms with E-state index >= 15 is 4.39 Å². The fourth-order valence-corrected chi connectivity index (χ4v) is 5.35. The Morgan fingerprint density at radius 2 is 2.00 bits per heavy atom. The molecular formula is C23H23ClF3N3. The maximum absolute atomic E-state index is 15.1. The summed E-state index contributed by atoms with van der Waals surface area (Å²) in [6.45, 7) is 1.48. The van der Waals surface area contributed by atoms with Gasteiger partial charge in [-0.3, -0.25) is 9.88 Å². The lowest BCUT2D eigenvalue weighted by atomic mass is 9.97. The third-order valence-electron chi connectivity index (χ3n) is 6.77. The van der Waals surface area contributed by atoms with Gasteiger partial charge in [-0.25, -0.2) is 4.39 Å². The first-order valence-electron chi connectivity index (χ1n) is 10.3. The van der Waals surface area contributed by atoms with Crippen LogP contribution in [-0.4, -0.2) is 27.5 Å². The highest BCUT2D eigenvalue weighted by molar-refractivity contribution is 6.31. The summed E-state index contributed by atoms with van der Waals surface area (Å²) in [7, 11) is 2.12. The number of rotatable bonds is 4. The van der Waals surface area contributed by atoms with Crippen LogP contribution < -0.4 is 0 Å². The van der Waals surface area contributed by atoms with Crippen LogP contribution in [0.3, 0.4) is 0 Å². The molecule has 1 fully saturated rings. The van der Waals surface area contributed by atoms with Gasteiger partial charge in [0.05, 0.1) is 10.5 Å². The number of benzene rings is 1. The van der Waals surface area contributed by atoms with Gasteiger partial charge in [0, 0.05) is 54.8 Å². The molecule has 2 aromatic heterocycles. The van der Waals surface area contributed by atoms with E-state index in [0.717, 1.165) is 42.8 Å². The van der Waals surface area contributed by atoms with E-state index < -0.39 is 5.92 Å². The molecule has 2 aliphatic heterocycles. The lowest BCUT2D eigenvalue weighted by Crippen LogP contribution is -2.34. The zero-order chi connectivity index (χ0) is 21.2. The molecule has 2 atom stereocenters. The molecule has 0 saturated carbocycles. The molecule has 7 heteroatoms. The maximum Gasteiger partial charge on any atom is 0.286 e. The van der Waals surface area contributed by atoms with E-state index in [-0.39, 0.29) is 22.6 Å². The number of halogens is 4. The Labute approximate surface area is 178 Å². The minimum Gasteiger partial charge on any atom is -0.344 e. The van der Waals surface area contributed by atoms with Crippen molar-refractivity contribution in [2.24, 2.45) is 0 Å². The highest BCUT2D eigenvalue weighted by Gasteiger charge is 2.41. The summed E-state index contributed by atoms with van der Waals surface area (Å²) in [4.78, 5) is 6.29. The van der Waals surface area contributed by atoms with Gasteiger partial charge in [0.25, 0.3) is 5.92 Å². The minimum atomic E-state index is -2.95. The molecule has 0 radical (unpaired) electrons. The summed E-state index contributed by atoms with van der Waals surface area (Å²) in [6, 6.07) is 7.27. The fraction of sp³-hybridized carbons (Fsp3) is 0.435. The normalized spacial score (nSPS) is 21.4. The second-order valence-electron chi connectivity index (χ2n) is 8.57. The van der Waals surface area contributed by atoms with Crippen LogP contribution in [0.25, 0.3) is 10.9 Å². The Hall–Kier alpha value is -2.05. The number of alkyl halides is 2. The van der Waals surface area contributed by atoms with E-state index in [1.54, 1.807) is 12.1 Å². The molecule has 30 heavy (non-hydrogen) atoms. The van der Waals surface area contributed by atoms with Gasteiger partial charge in [-0.15, -0.1) is 0 Å². The zero-order valence-electron chi connectivity index (χ0n) is 16.9. The van der Waals surface area contributed by atoms with Crippen molar-refractivity contribution in [1.29, 1.82) is 0 Å². The summed E-state index contributed by atoms with van der Waals surface area (Å²) in [6.07, 6.45) is 5.16. The second kappa shape index (κ2) is 6.99. The summed E-state index contributed by atoms with van der Waals surface area (Å²) < 4.78 is 44.2. The predicted molar refractivity (Wildman–Crippen MR) is 112 cm³/mol. The van der Waals surface area contributed by atoms with Crippen molar-refractivity contribution in [2.45, 2.75) is 57.2 Å². The SMILES string of the molecule is CN1C2CCC1c1c(n(CCc3ccc(C(C)(F)F)nc3)c3ccc(Cl)c(F)c13)C2. The molecule has 0 aliphatic carbocycles. The summed E-state index contributed by atoms with van der Waals surface area (Å²) in [5.41, 5.74) is 3.75. The molecule has 1 saturated heterocycles. The molecule has 1 aromatic carbocycles. The fourth-order valence-electron chi connectivity index (χ4n) is 5.19. The average molecular weight is 434 g/mol. The number of nitrogens with zero attached hydrogens (tertiary/aromatic N) is 3. The Morgan fingerprint density at radius 1 is 1.20 bits per heavy atom. The second-order valence-corrected chi connectivity index (χ2v) is 8.98. The van der Waals surface area contributed by atoms with E-state index in [9.17, 15) is 8.78 Å². The summed E-state index contributed by atoms with van der Waals surface area (Å²) in [5, 5.41) is 0.777. The summed E-state index contributed by atoms with van der Waals surface area (Å²) in [5.74, 6) is -3.30. The van der Waals surface area contributed by atoms with Crippen LogP contribution in [0.4, 0.5) is 13.2 Å². The van der Waals surface area contributed by atoms with E-state index in [1.807, 2.05) is 6.07 Å². The maximum atomic E-state index is 15.1. The van der Waals surface area contributed by atoms with Crippen molar-refractivity contribution >= 4 is 22.5 Å². The van der Waals surface area contributed by atoms with Crippen molar-refractivity contribution < 1.29 is 13.2 Å². The van der Waals surface area contributed by atoms with Crippen LogP contribution in [0.1, 0.15) is 48.3 Å². The standard InChI is InChI=1S/C23H23ClF3N3/c1-23(26,27)19-8-3-13(12-28-19)9-10-30-17-7-5-15(24)22(25)21(17)20-16-6-4-14(29(16)2)11-18(20)30/h3,5,7-8,12,14,16H,4,6,9-11H2,1-2H3. The van der Waals surface area contributed by atoms with E-state index in [2.05, 4.69) is 21.5 Å². The van der Waals surface area contributed by atoms with Crippen molar-refractivity contribution in [3.63, 3.8) is 0 Å². The number of aromatic nitrogens is 2. The van der Waals surface area contributed by atoms with Gasteiger partial charge in [-0.1, -0.05) is 17.7 Å². The monoisotopic (exact) mass is 433 g/mol. The van der Waals surface area contributed by atoms with Crippen LogP contribution in [-0.2, 0) is 25.3 Å². The highest BCUT2D eigenvalue weighted by Crippen LogP contribution is 2.48. The van der Waals surface area contributed by atoms with Gasteiger partial charge in [0.1, 0.15) is 5.69 Å². The van der Waals surface area contributed by atoms with Gasteiger partial charge in [-0.05, 0) is 50.1 Å². The van der Waals surface area contributed by atoms with Crippen LogP contribution in [0, 0.1) is 5.82 Å². The van der Waals surface area contributed by atoms with Gasteiger partial charge < -0.3 is 4.57 Å². The van der Waals surface area contributed by atoms with Gasteiger partial charge in [0.15, 0.2) is 5.82 Å². The number of aryl methyl sites for hydroxylation is 2. The molecule has 4 heterocycles. The molecule has 0 amide bonds. The van der Waals surface area contributed by atoms with Crippen molar-refractivity contribution in [2.75, 3.05) is 7.05 Å². The van der Waals surface area contributed by atoms with Crippen molar-refractivity contribution in [3.8, 4) is 0 Å². The van der Waals surface area contributed by atoms with Crippen LogP contribution in [0.15, 0.2) is 30.5 Å². The van der Waals surface area contributed by atoms with Crippen molar-refractivity contribution in [3.05, 3.63) is 63.8 Å². The third-order valence-corrected chi connectivity index (χ3v) is 7.06. The Balaban J connectivity index is 1.54. The van der Waals surface area contributed by atoms with Gasteiger partial charge in [0.2, 0.25) is 0 Å². The van der Waals surface area contributed by atoms with Crippen LogP contribution in [0.2, 0.25) is 5.02 Å². The smallest absolute Gasteiger partial charge is 0.286 e. The highest BCUT2D eigenvalue weighted by atomic mass is 35.5. The van der Waals surface area contributed by atoms with Crippen LogP contribution >= 0.6 is 11.6 Å². The van der Waals surface area contributed by atoms with Gasteiger partial charge >= 0.3 is 0 Å². The molecule has 2 bridgehead atoms. The number of hydrogen-bond acceptors (Lipinski definition) is 2. The third kappa shape index (κ3) is 3.04. The van der Waals surface area contributed by atoms with E-state index in [1.165, 1.54) is 18.0 Å². The molecule has 5 rings (SSSR count). The predicted octanol–water partition coefficient (Wildman–Crippen LogP) is 5.87. The first-order chi connectivity index (χ1) is 14.3. The lowest BCUT2D eigenvalue weighted by Gasteiger charge is -2.32. The lowest BCUT2D eigenvalue weighted by molar-refractivity contribution is 0.0127. The minimum absolute atomic E-state index is 0.144. The topological polar surface area (TPSA) is 21.1 Å². The molecule has 158 valence electrons. The number of hydrogen-bond donors (Lipinski definition) is 0. The Kier molecular flexibility index (Phi) is 4.63. The van der Waals surface area contributed by atoms with E-state index in [0.29, 0.717) is 24.4 Å². The van der Waals surface area contributed by atoms with Gasteiger partial charge in [-0.2, -0.15) is 8.78 Å². The Bertz CT molecular complexity index is 1120. The molecule has 3 aromatic rings. The first-order valence-corrected chi connectivity index (χ1v) is 10.7. The number of likely N-dealkylation sites (N-methyl/N-ethyl adjacent to an activating group) is 1. The largest absolute Gasteiger partial charge is 0.344 e. The number of fused-ring (bicyclic) bond motifs is 6.